The predicted molar refractivity (Wildman–Crippen MR) is 41.6 cm³/mol. The first-order chi connectivity index (χ1) is 4.70. The first kappa shape index (κ1) is 9.43. The molecule has 1 amide bonds. The number of nitrogens with two attached hydrogens (primary N) is 1. The summed E-state index contributed by atoms with van der Waals surface area (Å²) in [6, 6.07) is 0.178. The van der Waals surface area contributed by atoms with Gasteiger partial charge in [0.25, 0.3) is 0 Å². The van der Waals surface area contributed by atoms with Crippen molar-refractivity contribution < 1.29 is 4.79 Å². The third-order valence-electron chi connectivity index (χ3n) is 1.55. The van der Waals surface area contributed by atoms with Crippen LogP contribution in [0.2, 0.25) is 0 Å². The zero-order valence-corrected chi connectivity index (χ0v) is 6.68. The molecular weight excluding hydrogens is 128 g/mol. The quantitative estimate of drug-likeness (QED) is 0.594. The number of amides is 1. The number of hydrogen-bond acceptors (Lipinski definition) is 2. The van der Waals surface area contributed by atoms with Gasteiger partial charge in [-0.05, 0) is 12.8 Å². The van der Waals surface area contributed by atoms with Gasteiger partial charge in [-0.1, -0.05) is 6.92 Å². The largest absolute Gasteiger partial charge is 0.359 e. The molecule has 0 aromatic carbocycles. The van der Waals surface area contributed by atoms with E-state index in [1.54, 1.807) is 7.05 Å². The van der Waals surface area contributed by atoms with Crippen molar-refractivity contribution in [3.63, 3.8) is 0 Å². The molecule has 0 heterocycles. The molecule has 10 heavy (non-hydrogen) atoms. The van der Waals surface area contributed by atoms with Gasteiger partial charge >= 0.3 is 0 Å². The molecule has 0 fully saturated rings. The number of carbonyl (C=O) groups excluding carboxylic acids is 1. The van der Waals surface area contributed by atoms with Gasteiger partial charge in [-0.2, -0.15) is 0 Å². The summed E-state index contributed by atoms with van der Waals surface area (Å²) in [7, 11) is 1.64. The Balaban J connectivity index is 3.26. The van der Waals surface area contributed by atoms with E-state index in [0.717, 1.165) is 12.8 Å². The summed E-state index contributed by atoms with van der Waals surface area (Å²) in [4.78, 5) is 10.7. The zero-order valence-electron chi connectivity index (χ0n) is 6.68. The second-order valence-electron chi connectivity index (χ2n) is 2.38. The minimum Gasteiger partial charge on any atom is -0.359 e. The standard InChI is InChI=1S/C7H16N2O/c1-3-6(8)4-5-7(10)9-2/h6H,3-5,8H2,1-2H3,(H,9,10). The highest BCUT2D eigenvalue weighted by atomic mass is 16.1. The summed E-state index contributed by atoms with van der Waals surface area (Å²) in [5.41, 5.74) is 5.60. The fourth-order valence-electron chi connectivity index (χ4n) is 0.646. The van der Waals surface area contributed by atoms with Gasteiger partial charge in [-0.25, -0.2) is 0 Å². The van der Waals surface area contributed by atoms with E-state index < -0.39 is 0 Å². The lowest BCUT2D eigenvalue weighted by Gasteiger charge is -2.06. The van der Waals surface area contributed by atoms with Crippen molar-refractivity contribution >= 4 is 5.91 Å². The molecule has 0 rings (SSSR count). The molecule has 0 aliphatic carbocycles. The maximum Gasteiger partial charge on any atom is 0.219 e. The van der Waals surface area contributed by atoms with E-state index in [1.807, 2.05) is 6.92 Å². The van der Waals surface area contributed by atoms with E-state index in [-0.39, 0.29) is 11.9 Å². The fraction of sp³-hybridized carbons (Fsp3) is 0.857. The molecule has 0 aliphatic rings. The van der Waals surface area contributed by atoms with Crippen LogP contribution in [-0.4, -0.2) is 19.0 Å². The monoisotopic (exact) mass is 144 g/mol. The summed E-state index contributed by atoms with van der Waals surface area (Å²) in [5, 5.41) is 2.55. The number of carbonyl (C=O) groups is 1. The van der Waals surface area contributed by atoms with E-state index in [4.69, 9.17) is 5.73 Å². The van der Waals surface area contributed by atoms with Crippen LogP contribution in [0.15, 0.2) is 0 Å². The molecule has 0 saturated heterocycles. The number of hydrogen-bond donors (Lipinski definition) is 2. The predicted octanol–water partition coefficient (Wildman–Crippen LogP) is 0.250. The Bertz CT molecular complexity index is 104. The van der Waals surface area contributed by atoms with Gasteiger partial charge in [0, 0.05) is 19.5 Å². The minimum atomic E-state index is 0.0731. The Labute approximate surface area is 62.0 Å². The van der Waals surface area contributed by atoms with Crippen LogP contribution in [0.1, 0.15) is 26.2 Å². The van der Waals surface area contributed by atoms with Crippen LogP contribution in [0.25, 0.3) is 0 Å². The number of rotatable bonds is 4. The lowest BCUT2D eigenvalue weighted by molar-refractivity contribution is -0.120. The molecule has 0 aromatic rings. The maximum atomic E-state index is 10.7. The Kier molecular flexibility index (Phi) is 4.94. The molecule has 1 unspecified atom stereocenters. The average Bonchev–Trinajstić information content (AvgIpc) is 1.99. The zero-order chi connectivity index (χ0) is 7.98. The van der Waals surface area contributed by atoms with Crippen LogP contribution in [0.3, 0.4) is 0 Å². The van der Waals surface area contributed by atoms with Crippen LogP contribution < -0.4 is 11.1 Å². The highest BCUT2D eigenvalue weighted by molar-refractivity contribution is 5.75. The Morgan fingerprint density at radius 1 is 1.70 bits per heavy atom. The van der Waals surface area contributed by atoms with Gasteiger partial charge in [-0.15, -0.1) is 0 Å². The van der Waals surface area contributed by atoms with Crippen LogP contribution in [0.4, 0.5) is 0 Å². The molecule has 3 N–H and O–H groups in total. The fourth-order valence-corrected chi connectivity index (χ4v) is 0.646. The second kappa shape index (κ2) is 5.23. The maximum absolute atomic E-state index is 10.7. The molecule has 3 nitrogen and oxygen atoms in total. The highest BCUT2D eigenvalue weighted by Crippen LogP contribution is 1.96. The molecule has 0 bridgehead atoms. The third-order valence-corrected chi connectivity index (χ3v) is 1.55. The van der Waals surface area contributed by atoms with Crippen LogP contribution in [-0.2, 0) is 4.79 Å². The first-order valence-electron chi connectivity index (χ1n) is 3.66. The summed E-state index contributed by atoms with van der Waals surface area (Å²) < 4.78 is 0. The smallest absolute Gasteiger partial charge is 0.219 e. The molecule has 60 valence electrons. The highest BCUT2D eigenvalue weighted by Gasteiger charge is 2.02. The lowest BCUT2D eigenvalue weighted by atomic mass is 10.1. The van der Waals surface area contributed by atoms with Crippen molar-refractivity contribution in [2.24, 2.45) is 5.73 Å². The SMILES string of the molecule is CCC(N)CCC(=O)NC. The molecular formula is C7H16N2O. The van der Waals surface area contributed by atoms with Crippen molar-refractivity contribution in [2.45, 2.75) is 32.2 Å². The molecule has 0 aromatic heterocycles. The van der Waals surface area contributed by atoms with Crippen LogP contribution in [0, 0.1) is 0 Å². The lowest BCUT2D eigenvalue weighted by Crippen LogP contribution is -2.24. The molecule has 1 atom stereocenters. The van der Waals surface area contributed by atoms with Crippen molar-refractivity contribution in [3.05, 3.63) is 0 Å². The van der Waals surface area contributed by atoms with Gasteiger partial charge in [-0.3, -0.25) is 4.79 Å². The Morgan fingerprint density at radius 2 is 2.30 bits per heavy atom. The Morgan fingerprint density at radius 3 is 2.70 bits per heavy atom. The third kappa shape index (κ3) is 4.32. The normalized spacial score (nSPS) is 12.7. The molecule has 0 spiro atoms. The second-order valence-corrected chi connectivity index (χ2v) is 2.38. The van der Waals surface area contributed by atoms with E-state index in [2.05, 4.69) is 5.32 Å². The van der Waals surface area contributed by atoms with E-state index in [0.29, 0.717) is 6.42 Å². The first-order valence-corrected chi connectivity index (χ1v) is 3.66. The summed E-state index contributed by atoms with van der Waals surface area (Å²) >= 11 is 0. The van der Waals surface area contributed by atoms with E-state index >= 15 is 0 Å². The van der Waals surface area contributed by atoms with Gasteiger partial charge in [0.05, 0.1) is 0 Å². The topological polar surface area (TPSA) is 55.1 Å². The van der Waals surface area contributed by atoms with E-state index in [1.165, 1.54) is 0 Å². The van der Waals surface area contributed by atoms with Gasteiger partial charge in [0.1, 0.15) is 0 Å². The summed E-state index contributed by atoms with van der Waals surface area (Å²) in [6.45, 7) is 2.02. The summed E-state index contributed by atoms with van der Waals surface area (Å²) in [5.74, 6) is 0.0731. The van der Waals surface area contributed by atoms with Gasteiger partial charge in [0.15, 0.2) is 0 Å². The van der Waals surface area contributed by atoms with Crippen molar-refractivity contribution in [1.82, 2.24) is 5.32 Å². The molecule has 0 saturated carbocycles. The van der Waals surface area contributed by atoms with E-state index in [9.17, 15) is 4.79 Å². The molecule has 3 heteroatoms. The summed E-state index contributed by atoms with van der Waals surface area (Å²) in [6.07, 6.45) is 2.28. The Hall–Kier alpha value is -0.570. The molecule has 0 aliphatic heterocycles. The number of nitrogens with one attached hydrogen (secondary N) is 1. The minimum absolute atomic E-state index is 0.0731. The van der Waals surface area contributed by atoms with Crippen molar-refractivity contribution in [3.8, 4) is 0 Å². The van der Waals surface area contributed by atoms with Crippen LogP contribution >= 0.6 is 0 Å². The van der Waals surface area contributed by atoms with Crippen molar-refractivity contribution in [1.29, 1.82) is 0 Å². The average molecular weight is 144 g/mol. The molecule has 0 radical (unpaired) electrons. The van der Waals surface area contributed by atoms with Crippen molar-refractivity contribution in [2.75, 3.05) is 7.05 Å². The van der Waals surface area contributed by atoms with Gasteiger partial charge in [0.2, 0.25) is 5.91 Å². The van der Waals surface area contributed by atoms with Gasteiger partial charge < -0.3 is 11.1 Å². The van der Waals surface area contributed by atoms with Crippen LogP contribution in [0.5, 0.6) is 0 Å².